The monoisotopic (exact) mass is 612 g/mol. The van der Waals surface area contributed by atoms with Gasteiger partial charge in [-0.15, -0.1) is 0 Å². The van der Waals surface area contributed by atoms with Crippen molar-refractivity contribution in [2.45, 2.75) is 81.2 Å². The highest BCUT2D eigenvalue weighted by Crippen LogP contribution is 2.37. The molecule has 15 heteroatoms. The number of carbonyl (C=O) groups is 1. The number of phenols is 3. The van der Waals surface area contributed by atoms with Gasteiger partial charge in [0.2, 0.25) is 6.29 Å². The van der Waals surface area contributed by atoms with Gasteiger partial charge in [0.1, 0.15) is 59.4 Å². The van der Waals surface area contributed by atoms with Gasteiger partial charge in [0.05, 0.1) is 19.8 Å². The van der Waals surface area contributed by atoms with E-state index in [1.54, 1.807) is 6.07 Å². The lowest BCUT2D eigenvalue weighted by atomic mass is 9.97. The summed E-state index contributed by atoms with van der Waals surface area (Å²) in [5.41, 5.74) is 0.208. The molecule has 2 fully saturated rings. The number of phenolic OH excluding ortho intramolecular Hbond substituents is 3. The molecule has 0 amide bonds. The van der Waals surface area contributed by atoms with Crippen LogP contribution in [0.15, 0.2) is 30.3 Å². The maximum atomic E-state index is 12.9. The molecule has 43 heavy (non-hydrogen) atoms. The summed E-state index contributed by atoms with van der Waals surface area (Å²) >= 11 is 0. The zero-order valence-electron chi connectivity index (χ0n) is 23.3. The summed E-state index contributed by atoms with van der Waals surface area (Å²) in [5.74, 6) is -2.04. The molecule has 2 aromatic carbocycles. The molecule has 0 aliphatic carbocycles. The van der Waals surface area contributed by atoms with Crippen LogP contribution in [0.5, 0.6) is 28.7 Å². The first kappa shape index (κ1) is 32.7. The van der Waals surface area contributed by atoms with Crippen LogP contribution in [0.25, 0.3) is 0 Å². The SMILES string of the molecule is COc1ccc(CCC(=O)c2c(O)cc(O[C@H]3O[C@@H](CO)[C@@H](O)[C@@H](O)[C@H]3O[C@@H]3O[C@H](C)[C@@H](O)[C@H](O)[C@@H]3O)cc2O)cc1O. The number of aliphatic hydroxyl groups is 6. The van der Waals surface area contributed by atoms with Crippen molar-refractivity contribution in [3.8, 4) is 28.7 Å². The number of aryl methyl sites for hydroxylation is 1. The maximum Gasteiger partial charge on any atom is 0.229 e. The van der Waals surface area contributed by atoms with Crippen molar-refractivity contribution in [1.29, 1.82) is 0 Å². The van der Waals surface area contributed by atoms with Gasteiger partial charge >= 0.3 is 0 Å². The lowest BCUT2D eigenvalue weighted by Gasteiger charge is -2.45. The smallest absolute Gasteiger partial charge is 0.229 e. The lowest BCUT2D eigenvalue weighted by molar-refractivity contribution is -0.354. The Bertz CT molecular complexity index is 1250. The normalized spacial score (nSPS) is 32.7. The topological polar surface area (TPSA) is 245 Å². The third kappa shape index (κ3) is 6.95. The molecular weight excluding hydrogens is 576 g/mol. The molecule has 2 aliphatic heterocycles. The Morgan fingerprint density at radius 1 is 0.837 bits per heavy atom. The summed E-state index contributed by atoms with van der Waals surface area (Å²) in [5, 5.41) is 92.3. The Labute approximate surface area is 245 Å². The minimum Gasteiger partial charge on any atom is -0.507 e. The molecule has 10 atom stereocenters. The fourth-order valence-corrected chi connectivity index (χ4v) is 4.93. The molecule has 0 unspecified atom stereocenters. The number of carbonyl (C=O) groups excluding carboxylic acids is 1. The number of ketones is 1. The Balaban J connectivity index is 1.51. The summed E-state index contributed by atoms with van der Waals surface area (Å²) in [6.45, 7) is 0.662. The van der Waals surface area contributed by atoms with Gasteiger partial charge in [-0.3, -0.25) is 4.79 Å². The second-order valence-electron chi connectivity index (χ2n) is 10.4. The van der Waals surface area contributed by atoms with Crippen LogP contribution in [-0.2, 0) is 20.6 Å². The Hall–Kier alpha value is -3.25. The average Bonchev–Trinajstić information content (AvgIpc) is 2.96. The third-order valence-electron chi connectivity index (χ3n) is 7.41. The summed E-state index contributed by atoms with van der Waals surface area (Å²) in [6, 6.07) is 6.59. The van der Waals surface area contributed by atoms with E-state index in [2.05, 4.69) is 0 Å². The van der Waals surface area contributed by atoms with Gasteiger partial charge in [0, 0.05) is 18.6 Å². The Morgan fingerprint density at radius 2 is 1.51 bits per heavy atom. The van der Waals surface area contributed by atoms with Gasteiger partial charge in [0.15, 0.2) is 29.7 Å². The molecule has 0 saturated carbocycles. The molecule has 0 radical (unpaired) electrons. The number of aromatic hydroxyl groups is 3. The van der Waals surface area contributed by atoms with Crippen molar-refractivity contribution in [2.24, 2.45) is 0 Å². The van der Waals surface area contributed by atoms with Gasteiger partial charge in [-0.05, 0) is 31.0 Å². The summed E-state index contributed by atoms with van der Waals surface area (Å²) in [6.07, 6.45) is -15.5. The first-order chi connectivity index (χ1) is 20.4. The molecular formula is C28H36O15. The van der Waals surface area contributed by atoms with Crippen LogP contribution in [-0.4, -0.2) is 127 Å². The van der Waals surface area contributed by atoms with Gasteiger partial charge < -0.3 is 69.6 Å². The molecule has 2 heterocycles. The number of aliphatic hydroxyl groups excluding tert-OH is 6. The summed E-state index contributed by atoms with van der Waals surface area (Å²) in [4.78, 5) is 12.9. The second-order valence-corrected chi connectivity index (χ2v) is 10.4. The van der Waals surface area contributed by atoms with E-state index in [4.69, 9.17) is 23.7 Å². The van der Waals surface area contributed by atoms with Crippen LogP contribution >= 0.6 is 0 Å². The van der Waals surface area contributed by atoms with Crippen molar-refractivity contribution in [3.63, 3.8) is 0 Å². The molecule has 2 aliphatic rings. The fourth-order valence-electron chi connectivity index (χ4n) is 4.93. The van der Waals surface area contributed by atoms with E-state index < -0.39 is 90.9 Å². The van der Waals surface area contributed by atoms with Gasteiger partial charge in [-0.1, -0.05) is 6.07 Å². The largest absolute Gasteiger partial charge is 0.507 e. The zero-order valence-corrected chi connectivity index (χ0v) is 23.3. The highest BCUT2D eigenvalue weighted by molar-refractivity contribution is 6.01. The Kier molecular flexibility index (Phi) is 10.3. The molecule has 15 nitrogen and oxygen atoms in total. The maximum absolute atomic E-state index is 12.9. The van der Waals surface area contributed by atoms with Crippen molar-refractivity contribution < 1.29 is 74.4 Å². The molecule has 0 spiro atoms. The summed E-state index contributed by atoms with van der Waals surface area (Å²) < 4.78 is 27.2. The van der Waals surface area contributed by atoms with Gasteiger partial charge in [-0.2, -0.15) is 0 Å². The van der Waals surface area contributed by atoms with E-state index in [0.717, 1.165) is 12.1 Å². The van der Waals surface area contributed by atoms with E-state index >= 15 is 0 Å². The highest BCUT2D eigenvalue weighted by atomic mass is 16.8. The van der Waals surface area contributed by atoms with Crippen molar-refractivity contribution >= 4 is 5.78 Å². The minimum atomic E-state index is -1.79. The number of Topliss-reactive ketones (excluding diaryl/α,β-unsaturated/α-hetero) is 1. The predicted octanol–water partition coefficient (Wildman–Crippen LogP) is -1.34. The van der Waals surface area contributed by atoms with Gasteiger partial charge in [0.25, 0.3) is 0 Å². The molecule has 0 bridgehead atoms. The molecule has 4 rings (SSSR count). The summed E-state index contributed by atoms with van der Waals surface area (Å²) in [7, 11) is 1.40. The van der Waals surface area contributed by atoms with Crippen molar-refractivity contribution in [3.05, 3.63) is 41.5 Å². The predicted molar refractivity (Wildman–Crippen MR) is 143 cm³/mol. The van der Waals surface area contributed by atoms with Crippen LogP contribution in [0.2, 0.25) is 0 Å². The van der Waals surface area contributed by atoms with Crippen LogP contribution in [0.3, 0.4) is 0 Å². The number of hydrogen-bond donors (Lipinski definition) is 9. The van der Waals surface area contributed by atoms with Crippen LogP contribution in [0, 0.1) is 0 Å². The van der Waals surface area contributed by atoms with E-state index in [-0.39, 0.29) is 30.1 Å². The molecule has 2 aromatic rings. The average molecular weight is 613 g/mol. The standard InChI is InChI=1S/C28H36O15/c1-11-21(34)23(36)25(38)27(40-11)43-26-24(37)22(35)19(10-29)42-28(26)41-13-8-16(32)20(17(33)9-13)14(30)5-3-12-4-6-18(39-2)15(31)7-12/h4,6-9,11,19,21-29,31-38H,3,5,10H2,1-2H3/t11-,19+,21-,22-,23+,24-,25+,26-,27+,28+/m1/s1. The van der Waals surface area contributed by atoms with Crippen LogP contribution in [0.4, 0.5) is 0 Å². The van der Waals surface area contributed by atoms with E-state index in [1.807, 2.05) is 0 Å². The van der Waals surface area contributed by atoms with E-state index in [1.165, 1.54) is 26.2 Å². The van der Waals surface area contributed by atoms with E-state index in [0.29, 0.717) is 5.56 Å². The number of hydrogen-bond acceptors (Lipinski definition) is 15. The lowest BCUT2D eigenvalue weighted by Crippen LogP contribution is -2.64. The molecule has 9 N–H and O–H groups in total. The Morgan fingerprint density at radius 3 is 2.12 bits per heavy atom. The number of rotatable bonds is 10. The number of benzene rings is 2. The highest BCUT2D eigenvalue weighted by Gasteiger charge is 2.51. The molecule has 238 valence electrons. The molecule has 0 aromatic heterocycles. The first-order valence-electron chi connectivity index (χ1n) is 13.5. The van der Waals surface area contributed by atoms with Crippen molar-refractivity contribution in [1.82, 2.24) is 0 Å². The van der Waals surface area contributed by atoms with Gasteiger partial charge in [-0.25, -0.2) is 0 Å². The third-order valence-corrected chi connectivity index (χ3v) is 7.41. The quantitative estimate of drug-likeness (QED) is 0.141. The number of ether oxygens (including phenoxy) is 5. The van der Waals surface area contributed by atoms with Crippen LogP contribution < -0.4 is 9.47 Å². The van der Waals surface area contributed by atoms with Crippen molar-refractivity contribution in [2.75, 3.05) is 13.7 Å². The minimum absolute atomic E-state index is 0.110. The zero-order chi connectivity index (χ0) is 31.6. The van der Waals surface area contributed by atoms with E-state index in [9.17, 15) is 50.8 Å². The van der Waals surface area contributed by atoms with Crippen LogP contribution in [0.1, 0.15) is 29.3 Å². The molecule has 2 saturated heterocycles. The fraction of sp³-hybridized carbons (Fsp3) is 0.536. The number of methoxy groups -OCH3 is 1. The first-order valence-corrected chi connectivity index (χ1v) is 13.5. The second kappa shape index (κ2) is 13.6.